The molecule has 0 saturated carbocycles. The molecule has 2 aromatic carbocycles. The van der Waals surface area contributed by atoms with Crippen LogP contribution in [0.3, 0.4) is 0 Å². The predicted molar refractivity (Wildman–Crippen MR) is 64.7 cm³/mol. The van der Waals surface area contributed by atoms with Crippen molar-refractivity contribution in [1.29, 1.82) is 0 Å². The van der Waals surface area contributed by atoms with Gasteiger partial charge in [-0.15, -0.1) is 0 Å². The van der Waals surface area contributed by atoms with E-state index in [0.717, 1.165) is 17.0 Å². The zero-order valence-corrected chi connectivity index (χ0v) is 9.19. The van der Waals surface area contributed by atoms with E-state index in [4.69, 9.17) is 4.74 Å². The van der Waals surface area contributed by atoms with Crippen LogP contribution < -0.4 is 10.1 Å². The molecule has 2 nitrogen and oxygen atoms in total. The average Bonchev–Trinajstić information content (AvgIpc) is 2.38. The molecule has 0 radical (unpaired) electrons. The SMILES string of the molecule is Fc1cccc(C2COc3ccccc3N2)c1. The van der Waals surface area contributed by atoms with Crippen LogP contribution in [0.5, 0.6) is 5.75 Å². The standard InChI is InChI=1S/C14H12FNO/c15-11-5-3-4-10(8-11)13-9-17-14-7-2-1-6-12(14)16-13/h1-8,13,16H,9H2. The Kier molecular flexibility index (Phi) is 2.44. The highest BCUT2D eigenvalue weighted by Crippen LogP contribution is 2.33. The van der Waals surface area contributed by atoms with E-state index in [1.54, 1.807) is 6.07 Å². The highest BCUT2D eigenvalue weighted by molar-refractivity contribution is 5.59. The van der Waals surface area contributed by atoms with E-state index < -0.39 is 0 Å². The lowest BCUT2D eigenvalue weighted by molar-refractivity contribution is 0.286. The van der Waals surface area contributed by atoms with Crippen molar-refractivity contribution in [3.05, 3.63) is 59.9 Å². The first-order chi connectivity index (χ1) is 8.33. The van der Waals surface area contributed by atoms with Crippen LogP contribution in [0.25, 0.3) is 0 Å². The van der Waals surface area contributed by atoms with Gasteiger partial charge in [0.05, 0.1) is 11.7 Å². The Labute approximate surface area is 99.0 Å². The van der Waals surface area contributed by atoms with E-state index in [-0.39, 0.29) is 11.9 Å². The minimum atomic E-state index is -0.219. The number of hydrogen-bond acceptors (Lipinski definition) is 2. The Morgan fingerprint density at radius 2 is 2.00 bits per heavy atom. The lowest BCUT2D eigenvalue weighted by atomic mass is 10.1. The Bertz CT molecular complexity index is 541. The average molecular weight is 229 g/mol. The fourth-order valence-electron chi connectivity index (χ4n) is 2.02. The molecule has 3 heteroatoms. The van der Waals surface area contributed by atoms with E-state index in [1.807, 2.05) is 30.3 Å². The van der Waals surface area contributed by atoms with Gasteiger partial charge in [0.25, 0.3) is 0 Å². The number of fused-ring (bicyclic) bond motifs is 1. The van der Waals surface area contributed by atoms with Gasteiger partial charge in [0.15, 0.2) is 0 Å². The van der Waals surface area contributed by atoms with Crippen LogP contribution in [0, 0.1) is 5.82 Å². The van der Waals surface area contributed by atoms with Gasteiger partial charge in [0.2, 0.25) is 0 Å². The smallest absolute Gasteiger partial charge is 0.142 e. The zero-order chi connectivity index (χ0) is 11.7. The largest absolute Gasteiger partial charge is 0.489 e. The number of halogens is 1. The zero-order valence-electron chi connectivity index (χ0n) is 9.19. The van der Waals surface area contributed by atoms with Crippen LogP contribution in [0.1, 0.15) is 11.6 Å². The molecule has 86 valence electrons. The van der Waals surface area contributed by atoms with Crippen molar-refractivity contribution < 1.29 is 9.13 Å². The molecular weight excluding hydrogens is 217 g/mol. The van der Waals surface area contributed by atoms with Crippen LogP contribution >= 0.6 is 0 Å². The number of rotatable bonds is 1. The highest BCUT2D eigenvalue weighted by Gasteiger charge is 2.19. The number of para-hydroxylation sites is 2. The molecule has 1 atom stereocenters. The summed E-state index contributed by atoms with van der Waals surface area (Å²) in [6.07, 6.45) is 0. The summed E-state index contributed by atoms with van der Waals surface area (Å²) in [6.45, 7) is 0.514. The second-order valence-corrected chi connectivity index (χ2v) is 4.06. The van der Waals surface area contributed by atoms with Gasteiger partial charge in [-0.05, 0) is 29.8 Å². The quantitative estimate of drug-likeness (QED) is 0.809. The summed E-state index contributed by atoms with van der Waals surface area (Å²) in [6, 6.07) is 14.4. The normalized spacial score (nSPS) is 17.8. The molecule has 0 spiro atoms. The van der Waals surface area contributed by atoms with Crippen molar-refractivity contribution in [1.82, 2.24) is 0 Å². The van der Waals surface area contributed by atoms with Gasteiger partial charge < -0.3 is 10.1 Å². The van der Waals surface area contributed by atoms with Crippen molar-refractivity contribution >= 4 is 5.69 Å². The molecule has 0 aromatic heterocycles. The lowest BCUT2D eigenvalue weighted by Crippen LogP contribution is -2.23. The molecule has 1 unspecified atom stereocenters. The summed E-state index contributed by atoms with van der Waals surface area (Å²) in [5.74, 6) is 0.628. The van der Waals surface area contributed by atoms with E-state index in [0.29, 0.717) is 6.61 Å². The van der Waals surface area contributed by atoms with E-state index in [9.17, 15) is 4.39 Å². The topological polar surface area (TPSA) is 21.3 Å². The molecule has 1 N–H and O–H groups in total. The number of anilines is 1. The van der Waals surface area contributed by atoms with Gasteiger partial charge in [-0.1, -0.05) is 24.3 Å². The summed E-state index contributed by atoms with van der Waals surface area (Å²) in [7, 11) is 0. The van der Waals surface area contributed by atoms with Crippen LogP contribution in [-0.2, 0) is 0 Å². The first-order valence-electron chi connectivity index (χ1n) is 5.57. The van der Waals surface area contributed by atoms with E-state index in [2.05, 4.69) is 5.32 Å². The third-order valence-corrected chi connectivity index (χ3v) is 2.87. The molecule has 0 amide bonds. The van der Waals surface area contributed by atoms with Crippen molar-refractivity contribution in [2.75, 3.05) is 11.9 Å². The van der Waals surface area contributed by atoms with Crippen molar-refractivity contribution in [3.8, 4) is 5.75 Å². The van der Waals surface area contributed by atoms with Crippen molar-refractivity contribution in [2.24, 2.45) is 0 Å². The minimum absolute atomic E-state index is 0.000556. The fourth-order valence-corrected chi connectivity index (χ4v) is 2.02. The second-order valence-electron chi connectivity index (χ2n) is 4.06. The Balaban J connectivity index is 1.89. The van der Waals surface area contributed by atoms with Crippen LogP contribution in [0.4, 0.5) is 10.1 Å². The molecule has 0 saturated heterocycles. The predicted octanol–water partition coefficient (Wildman–Crippen LogP) is 3.37. The van der Waals surface area contributed by atoms with E-state index >= 15 is 0 Å². The molecule has 1 aliphatic rings. The summed E-state index contributed by atoms with van der Waals surface area (Å²) in [4.78, 5) is 0. The molecule has 1 heterocycles. The van der Waals surface area contributed by atoms with Gasteiger partial charge in [-0.25, -0.2) is 4.39 Å². The van der Waals surface area contributed by atoms with Gasteiger partial charge in [-0.3, -0.25) is 0 Å². The molecule has 0 bridgehead atoms. The Morgan fingerprint density at radius 3 is 2.88 bits per heavy atom. The van der Waals surface area contributed by atoms with Gasteiger partial charge in [0, 0.05) is 0 Å². The second kappa shape index (κ2) is 4.09. The van der Waals surface area contributed by atoms with Crippen LogP contribution in [0.15, 0.2) is 48.5 Å². The maximum atomic E-state index is 13.1. The molecule has 1 aliphatic heterocycles. The minimum Gasteiger partial charge on any atom is -0.489 e. The van der Waals surface area contributed by atoms with Gasteiger partial charge in [0.1, 0.15) is 18.2 Å². The molecule has 3 rings (SSSR count). The molecule has 2 aromatic rings. The first-order valence-corrected chi connectivity index (χ1v) is 5.57. The first kappa shape index (κ1) is 10.1. The van der Waals surface area contributed by atoms with Crippen LogP contribution in [-0.4, -0.2) is 6.61 Å². The van der Waals surface area contributed by atoms with Crippen LogP contribution in [0.2, 0.25) is 0 Å². The number of benzene rings is 2. The summed E-state index contributed by atoms with van der Waals surface area (Å²) < 4.78 is 18.8. The monoisotopic (exact) mass is 229 g/mol. The number of nitrogens with one attached hydrogen (secondary N) is 1. The molecule has 17 heavy (non-hydrogen) atoms. The maximum absolute atomic E-state index is 13.1. The Morgan fingerprint density at radius 1 is 1.12 bits per heavy atom. The maximum Gasteiger partial charge on any atom is 0.142 e. The lowest BCUT2D eigenvalue weighted by Gasteiger charge is -2.27. The molecular formula is C14H12FNO. The van der Waals surface area contributed by atoms with Gasteiger partial charge >= 0.3 is 0 Å². The third kappa shape index (κ3) is 1.96. The summed E-state index contributed by atoms with van der Waals surface area (Å²) in [5.41, 5.74) is 1.85. The number of hydrogen-bond donors (Lipinski definition) is 1. The Hall–Kier alpha value is -2.03. The molecule has 0 aliphatic carbocycles. The van der Waals surface area contributed by atoms with E-state index in [1.165, 1.54) is 12.1 Å². The number of ether oxygens (including phenoxy) is 1. The van der Waals surface area contributed by atoms with Gasteiger partial charge in [-0.2, -0.15) is 0 Å². The fraction of sp³-hybridized carbons (Fsp3) is 0.143. The summed E-state index contributed by atoms with van der Waals surface area (Å²) >= 11 is 0. The third-order valence-electron chi connectivity index (χ3n) is 2.87. The van der Waals surface area contributed by atoms with Crippen molar-refractivity contribution in [3.63, 3.8) is 0 Å². The summed E-state index contributed by atoms with van der Waals surface area (Å²) in [5, 5.41) is 3.35. The highest BCUT2D eigenvalue weighted by atomic mass is 19.1. The van der Waals surface area contributed by atoms with Crippen molar-refractivity contribution in [2.45, 2.75) is 6.04 Å². The molecule has 0 fully saturated rings.